The van der Waals surface area contributed by atoms with Crippen molar-refractivity contribution in [2.75, 3.05) is 16.6 Å². The van der Waals surface area contributed by atoms with Gasteiger partial charge in [0.15, 0.2) is 0 Å². The predicted molar refractivity (Wildman–Crippen MR) is 80.3 cm³/mol. The maximum atomic E-state index is 10.9. The Kier molecular flexibility index (Phi) is 9.63. The molecule has 8 nitrogen and oxygen atoms in total. The summed E-state index contributed by atoms with van der Waals surface area (Å²) in [5.74, 6) is -2.73. The first kappa shape index (κ1) is 19.6. The van der Waals surface area contributed by atoms with E-state index in [0.29, 0.717) is 5.08 Å². The fourth-order valence-corrected chi connectivity index (χ4v) is 3.40. The number of carboxylic acids is 2. The topological polar surface area (TPSA) is 133 Å². The lowest BCUT2D eigenvalue weighted by molar-refractivity contribution is -0.141. The minimum Gasteiger partial charge on any atom is -0.480 e. The highest BCUT2D eigenvalue weighted by molar-refractivity contribution is 8.16. The second kappa shape index (κ2) is 10.3. The molecule has 21 heavy (non-hydrogen) atoms. The van der Waals surface area contributed by atoms with Gasteiger partial charge in [-0.2, -0.15) is 0 Å². The molecule has 10 heteroatoms. The highest BCUT2D eigenvalue weighted by atomic mass is 32.2. The third kappa shape index (κ3) is 10.0. The van der Waals surface area contributed by atoms with E-state index in [4.69, 9.17) is 10.2 Å². The summed E-state index contributed by atoms with van der Waals surface area (Å²) >= 11 is 2.53. The molecule has 0 bridgehead atoms. The van der Waals surface area contributed by atoms with Crippen LogP contribution in [0.5, 0.6) is 0 Å². The maximum absolute atomic E-state index is 10.9. The van der Waals surface area contributed by atoms with E-state index in [1.807, 2.05) is 0 Å². The molecule has 120 valence electrons. The fourth-order valence-electron chi connectivity index (χ4n) is 1.23. The summed E-state index contributed by atoms with van der Waals surface area (Å²) in [4.78, 5) is 43.4. The Hall–Kier alpha value is -1.42. The van der Waals surface area contributed by atoms with Gasteiger partial charge in [-0.1, -0.05) is 0 Å². The zero-order chi connectivity index (χ0) is 16.4. The summed E-state index contributed by atoms with van der Waals surface area (Å²) in [7, 11) is 0. The van der Waals surface area contributed by atoms with Crippen LogP contribution in [0.3, 0.4) is 0 Å². The van der Waals surface area contributed by atoms with E-state index in [9.17, 15) is 19.2 Å². The maximum Gasteiger partial charge on any atom is 0.327 e. The molecule has 0 aliphatic carbocycles. The lowest BCUT2D eigenvalue weighted by Gasteiger charge is -2.14. The van der Waals surface area contributed by atoms with Gasteiger partial charge >= 0.3 is 11.9 Å². The molecule has 0 aliphatic heterocycles. The molecular formula is C11H18N2O6S2. The number of amides is 2. The van der Waals surface area contributed by atoms with E-state index in [-0.39, 0.29) is 11.5 Å². The quantitative estimate of drug-likeness (QED) is 0.312. The van der Waals surface area contributed by atoms with Gasteiger partial charge < -0.3 is 20.8 Å². The molecule has 0 aromatic carbocycles. The van der Waals surface area contributed by atoms with Gasteiger partial charge in [0.25, 0.3) is 0 Å². The Morgan fingerprint density at radius 3 is 1.43 bits per heavy atom. The van der Waals surface area contributed by atoms with Crippen molar-refractivity contribution in [1.29, 1.82) is 0 Å². The van der Waals surface area contributed by atoms with Crippen LogP contribution in [0.15, 0.2) is 0 Å². The van der Waals surface area contributed by atoms with Crippen LogP contribution in [0.2, 0.25) is 0 Å². The largest absolute Gasteiger partial charge is 0.480 e. The third-order valence-corrected chi connectivity index (χ3v) is 4.56. The van der Waals surface area contributed by atoms with Crippen LogP contribution in [0.1, 0.15) is 13.8 Å². The van der Waals surface area contributed by atoms with Crippen molar-refractivity contribution in [3.05, 3.63) is 0 Å². The number of nitrogens with one attached hydrogen (secondary N) is 2. The highest BCUT2D eigenvalue weighted by Crippen LogP contribution is 2.14. The molecule has 0 fully saturated rings. The van der Waals surface area contributed by atoms with Crippen molar-refractivity contribution in [3.8, 4) is 0 Å². The van der Waals surface area contributed by atoms with Crippen molar-refractivity contribution >= 4 is 47.3 Å². The molecular weight excluding hydrogens is 320 g/mol. The first-order chi connectivity index (χ1) is 9.73. The minimum absolute atomic E-state index is 0.180. The fraction of sp³-hybridized carbons (Fsp3) is 0.636. The number of thioether (sulfide) groups is 2. The van der Waals surface area contributed by atoms with Crippen LogP contribution in [0.25, 0.3) is 0 Å². The normalized spacial score (nSPS) is 13.0. The molecule has 0 heterocycles. The highest BCUT2D eigenvalue weighted by Gasteiger charge is 2.20. The van der Waals surface area contributed by atoms with Gasteiger partial charge in [-0.15, -0.1) is 23.5 Å². The lowest BCUT2D eigenvalue weighted by Crippen LogP contribution is -2.42. The molecule has 0 aliphatic rings. The van der Waals surface area contributed by atoms with E-state index in [2.05, 4.69) is 10.6 Å². The molecule has 2 amide bonds. The first-order valence-corrected chi connectivity index (χ1v) is 8.20. The number of hydrogen-bond donors (Lipinski definition) is 4. The molecule has 0 aromatic heterocycles. The average Bonchev–Trinajstić information content (AvgIpc) is 2.34. The van der Waals surface area contributed by atoms with Gasteiger partial charge in [0.1, 0.15) is 12.1 Å². The van der Waals surface area contributed by atoms with Crippen LogP contribution < -0.4 is 10.6 Å². The van der Waals surface area contributed by atoms with Crippen molar-refractivity contribution < 1.29 is 29.4 Å². The van der Waals surface area contributed by atoms with E-state index >= 15 is 0 Å². The molecule has 0 saturated heterocycles. The van der Waals surface area contributed by atoms with Crippen molar-refractivity contribution in [2.24, 2.45) is 0 Å². The Balaban J connectivity index is 4.01. The molecule has 0 saturated carbocycles. The van der Waals surface area contributed by atoms with Gasteiger partial charge in [0.2, 0.25) is 11.8 Å². The van der Waals surface area contributed by atoms with Crippen molar-refractivity contribution in [3.63, 3.8) is 0 Å². The average molecular weight is 338 g/mol. The smallest absolute Gasteiger partial charge is 0.327 e. The van der Waals surface area contributed by atoms with Crippen LogP contribution in [-0.4, -0.2) is 62.6 Å². The van der Waals surface area contributed by atoms with Crippen LogP contribution in [-0.2, 0) is 19.2 Å². The zero-order valence-electron chi connectivity index (χ0n) is 11.6. The Labute approximate surface area is 130 Å². The number of aliphatic carboxylic acids is 2. The van der Waals surface area contributed by atoms with E-state index in [1.165, 1.54) is 37.4 Å². The van der Waals surface area contributed by atoms with Crippen LogP contribution in [0.4, 0.5) is 0 Å². The minimum atomic E-state index is -1.12. The standard InChI is InChI=1S/C11H18N2O6S2/c1-6(14)12-8(10(16)17)3-20-5-21-4-9(11(18)19)13-7(2)15/h8-9H,3-5H2,1-2H3,(H,12,14)(H,13,15)(H,16,17)(H,18,19)/t8-,9-/m0/s1. The summed E-state index contributed by atoms with van der Waals surface area (Å²) in [6, 6.07) is -1.95. The van der Waals surface area contributed by atoms with Crippen LogP contribution >= 0.6 is 23.5 Å². The van der Waals surface area contributed by atoms with E-state index < -0.39 is 35.8 Å². The van der Waals surface area contributed by atoms with Gasteiger partial charge in [-0.05, 0) is 0 Å². The monoisotopic (exact) mass is 338 g/mol. The summed E-state index contributed by atoms with van der Waals surface area (Å²) in [5, 5.41) is 22.8. The predicted octanol–water partition coefficient (Wildman–Crippen LogP) is -0.411. The van der Waals surface area contributed by atoms with Crippen molar-refractivity contribution in [1.82, 2.24) is 10.6 Å². The summed E-state index contributed by atoms with van der Waals surface area (Å²) in [6.45, 7) is 2.47. The number of hydrogen-bond acceptors (Lipinski definition) is 6. The number of carbonyl (C=O) groups is 4. The molecule has 0 unspecified atom stereocenters. The lowest BCUT2D eigenvalue weighted by atomic mass is 10.3. The molecule has 0 rings (SSSR count). The SMILES string of the molecule is CC(=O)N[C@@H](CSCSC[C@H](NC(C)=O)C(=O)O)C(=O)O. The van der Waals surface area contributed by atoms with E-state index in [0.717, 1.165) is 0 Å². The van der Waals surface area contributed by atoms with Gasteiger partial charge in [-0.25, -0.2) is 9.59 Å². The Morgan fingerprint density at radius 2 is 1.19 bits per heavy atom. The zero-order valence-corrected chi connectivity index (χ0v) is 13.3. The van der Waals surface area contributed by atoms with Crippen LogP contribution in [0, 0.1) is 0 Å². The van der Waals surface area contributed by atoms with E-state index in [1.54, 1.807) is 0 Å². The number of carbonyl (C=O) groups excluding carboxylic acids is 2. The molecule has 4 N–H and O–H groups in total. The number of rotatable bonds is 10. The summed E-state index contributed by atoms with van der Waals surface area (Å²) < 4.78 is 0. The third-order valence-electron chi connectivity index (χ3n) is 2.09. The summed E-state index contributed by atoms with van der Waals surface area (Å²) in [5.41, 5.74) is 0. The Bertz CT molecular complexity index is 368. The van der Waals surface area contributed by atoms with Gasteiger partial charge in [0.05, 0.1) is 0 Å². The van der Waals surface area contributed by atoms with Crippen molar-refractivity contribution in [2.45, 2.75) is 25.9 Å². The van der Waals surface area contributed by atoms with Gasteiger partial charge in [0, 0.05) is 30.4 Å². The summed E-state index contributed by atoms with van der Waals surface area (Å²) in [6.07, 6.45) is 0. The molecule has 0 aromatic rings. The molecule has 2 atom stereocenters. The first-order valence-electron chi connectivity index (χ1n) is 5.89. The number of carboxylic acid groups (broad SMARTS) is 2. The Morgan fingerprint density at radius 1 is 0.857 bits per heavy atom. The molecule has 0 spiro atoms. The second-order valence-electron chi connectivity index (χ2n) is 4.04. The second-order valence-corrected chi connectivity index (χ2v) is 6.47. The van der Waals surface area contributed by atoms with Gasteiger partial charge in [-0.3, -0.25) is 9.59 Å². The molecule has 0 radical (unpaired) electrons.